The Balaban J connectivity index is 1.91. The molecule has 2 aromatic carbocycles. The highest BCUT2D eigenvalue weighted by Crippen LogP contribution is 2.22. The van der Waals surface area contributed by atoms with Crippen LogP contribution in [0.2, 0.25) is 0 Å². The number of hydrogen-bond donors (Lipinski definition) is 3. The smallest absolute Gasteiger partial charge is 0.315 e. The van der Waals surface area contributed by atoms with Crippen LogP contribution in [-0.4, -0.2) is 29.0 Å². The fraction of sp³-hybridized carbons (Fsp3) is 0.150. The van der Waals surface area contributed by atoms with Crippen molar-refractivity contribution in [2.75, 3.05) is 12.4 Å². The highest BCUT2D eigenvalue weighted by molar-refractivity contribution is 5.74. The van der Waals surface area contributed by atoms with Gasteiger partial charge in [-0.05, 0) is 36.2 Å². The van der Waals surface area contributed by atoms with Crippen molar-refractivity contribution in [2.45, 2.75) is 12.5 Å². The molecule has 0 spiro atoms. The molecule has 1 heterocycles. The first kappa shape index (κ1) is 18.2. The minimum atomic E-state index is -0.310. The van der Waals surface area contributed by atoms with E-state index in [9.17, 15) is 9.59 Å². The second kappa shape index (κ2) is 8.66. The second-order valence-corrected chi connectivity index (χ2v) is 5.93. The fourth-order valence-corrected chi connectivity index (χ4v) is 2.86. The number of urea groups is 1. The number of anilines is 1. The number of benzene rings is 2. The van der Waals surface area contributed by atoms with Gasteiger partial charge in [0.25, 0.3) is 0 Å². The Kier molecular flexibility index (Phi) is 5.84. The van der Waals surface area contributed by atoms with Gasteiger partial charge in [-0.25, -0.2) is 9.78 Å². The van der Waals surface area contributed by atoms with Gasteiger partial charge in [-0.15, -0.1) is 0 Å². The molecule has 0 bridgehead atoms. The van der Waals surface area contributed by atoms with E-state index in [0.29, 0.717) is 18.5 Å². The maximum Gasteiger partial charge on any atom is 0.315 e. The van der Waals surface area contributed by atoms with E-state index in [-0.39, 0.29) is 12.1 Å². The Hall–Kier alpha value is -3.61. The normalized spacial score (nSPS) is 11.4. The molecule has 3 aromatic rings. The zero-order chi connectivity index (χ0) is 19.1. The first-order valence-electron chi connectivity index (χ1n) is 8.57. The predicted molar refractivity (Wildman–Crippen MR) is 104 cm³/mol. The van der Waals surface area contributed by atoms with Crippen molar-refractivity contribution in [1.29, 1.82) is 0 Å². The molecule has 0 saturated carbocycles. The van der Waals surface area contributed by atoms with Crippen LogP contribution in [0.25, 0.3) is 5.69 Å². The van der Waals surface area contributed by atoms with E-state index in [0.717, 1.165) is 17.1 Å². The van der Waals surface area contributed by atoms with E-state index in [1.807, 2.05) is 65.4 Å². The van der Waals surface area contributed by atoms with Gasteiger partial charge >= 0.3 is 6.03 Å². The average Bonchev–Trinajstić information content (AvgIpc) is 3.19. The van der Waals surface area contributed by atoms with Crippen molar-refractivity contribution < 1.29 is 9.59 Å². The number of hydrogen-bond acceptors (Lipinski definition) is 3. The molecule has 3 amide bonds. The van der Waals surface area contributed by atoms with Crippen LogP contribution in [0.1, 0.15) is 17.4 Å². The van der Waals surface area contributed by atoms with Crippen molar-refractivity contribution in [3.63, 3.8) is 0 Å². The minimum Gasteiger partial charge on any atom is -0.341 e. The van der Waals surface area contributed by atoms with Gasteiger partial charge in [0.15, 0.2) is 0 Å². The molecule has 3 rings (SSSR count). The number of nitrogens with zero attached hydrogens (tertiary/aromatic N) is 2. The Bertz CT molecular complexity index is 890. The van der Waals surface area contributed by atoms with Crippen LogP contribution < -0.4 is 16.0 Å². The van der Waals surface area contributed by atoms with Crippen molar-refractivity contribution in [1.82, 2.24) is 20.2 Å². The number of carbonyl (C=O) groups is 2. The first-order valence-corrected chi connectivity index (χ1v) is 8.57. The molecule has 0 fully saturated rings. The lowest BCUT2D eigenvalue weighted by atomic mass is 10.1. The van der Waals surface area contributed by atoms with Gasteiger partial charge in [-0.2, -0.15) is 0 Å². The van der Waals surface area contributed by atoms with Gasteiger partial charge in [0.1, 0.15) is 5.82 Å². The molecule has 3 N–H and O–H groups in total. The first-order chi connectivity index (χ1) is 13.2. The van der Waals surface area contributed by atoms with Crippen LogP contribution >= 0.6 is 0 Å². The van der Waals surface area contributed by atoms with E-state index >= 15 is 0 Å². The third kappa shape index (κ3) is 4.52. The number of rotatable bonds is 7. The van der Waals surface area contributed by atoms with Crippen LogP contribution in [0, 0.1) is 0 Å². The molecular weight excluding hydrogens is 342 g/mol. The van der Waals surface area contributed by atoms with Gasteiger partial charge < -0.3 is 20.5 Å². The van der Waals surface area contributed by atoms with Gasteiger partial charge in [-0.3, -0.25) is 4.79 Å². The summed E-state index contributed by atoms with van der Waals surface area (Å²) in [5.41, 5.74) is 2.69. The zero-order valence-corrected chi connectivity index (χ0v) is 14.9. The molecule has 0 aliphatic rings. The lowest BCUT2D eigenvalue weighted by Gasteiger charge is -2.20. The van der Waals surface area contributed by atoms with Crippen molar-refractivity contribution >= 4 is 18.1 Å². The number of imidazole rings is 1. The van der Waals surface area contributed by atoms with Gasteiger partial charge in [-0.1, -0.05) is 30.3 Å². The van der Waals surface area contributed by atoms with Crippen LogP contribution in [0.3, 0.4) is 0 Å². The topological polar surface area (TPSA) is 88.1 Å². The van der Waals surface area contributed by atoms with E-state index in [4.69, 9.17) is 0 Å². The van der Waals surface area contributed by atoms with Crippen LogP contribution in [0.4, 0.5) is 10.5 Å². The molecule has 0 aliphatic heterocycles. The fourth-order valence-electron chi connectivity index (χ4n) is 2.86. The van der Waals surface area contributed by atoms with Crippen LogP contribution in [0.5, 0.6) is 0 Å². The Morgan fingerprint density at radius 3 is 2.56 bits per heavy atom. The molecule has 1 unspecified atom stereocenters. The Morgan fingerprint density at radius 1 is 1.15 bits per heavy atom. The number of carbonyl (C=O) groups excluding carboxylic acids is 2. The van der Waals surface area contributed by atoms with Crippen LogP contribution in [-0.2, 0) is 11.2 Å². The third-order valence-electron chi connectivity index (χ3n) is 4.17. The number of amides is 3. The molecule has 0 radical (unpaired) electrons. The van der Waals surface area contributed by atoms with E-state index in [1.54, 1.807) is 13.2 Å². The molecule has 0 aliphatic carbocycles. The highest BCUT2D eigenvalue weighted by atomic mass is 16.2. The standard InChI is InChI=1S/C20H21N5O2/c1-21-20(27)24-18(13-15-5-3-2-4-6-15)19-22-11-12-25(19)17-9-7-16(8-10-17)23-14-26/h2-12,14,18H,13H2,1H3,(H,23,26)(H2,21,24,27). The van der Waals surface area contributed by atoms with Crippen molar-refractivity contribution in [2.24, 2.45) is 0 Å². The SMILES string of the molecule is CNC(=O)NC(Cc1ccccc1)c1nccn1-c1ccc(NC=O)cc1. The summed E-state index contributed by atoms with van der Waals surface area (Å²) >= 11 is 0. The van der Waals surface area contributed by atoms with Gasteiger partial charge in [0.2, 0.25) is 6.41 Å². The molecule has 7 nitrogen and oxygen atoms in total. The van der Waals surface area contributed by atoms with E-state index < -0.39 is 0 Å². The Morgan fingerprint density at radius 2 is 1.89 bits per heavy atom. The summed E-state index contributed by atoms with van der Waals surface area (Å²) < 4.78 is 1.92. The number of aromatic nitrogens is 2. The summed E-state index contributed by atoms with van der Waals surface area (Å²) in [6.07, 6.45) is 4.80. The molecular formula is C20H21N5O2. The molecule has 1 atom stereocenters. The van der Waals surface area contributed by atoms with Crippen molar-refractivity contribution in [3.05, 3.63) is 78.4 Å². The molecule has 27 heavy (non-hydrogen) atoms. The molecule has 138 valence electrons. The summed E-state index contributed by atoms with van der Waals surface area (Å²) in [7, 11) is 1.58. The number of nitrogens with one attached hydrogen (secondary N) is 3. The quantitative estimate of drug-likeness (QED) is 0.564. The maximum absolute atomic E-state index is 12.0. The highest BCUT2D eigenvalue weighted by Gasteiger charge is 2.20. The van der Waals surface area contributed by atoms with E-state index in [2.05, 4.69) is 20.9 Å². The summed E-state index contributed by atoms with van der Waals surface area (Å²) in [6, 6.07) is 16.8. The second-order valence-electron chi connectivity index (χ2n) is 5.93. The third-order valence-corrected chi connectivity index (χ3v) is 4.17. The Labute approximate surface area is 157 Å². The minimum absolute atomic E-state index is 0.268. The summed E-state index contributed by atoms with van der Waals surface area (Å²) in [4.78, 5) is 27.0. The monoisotopic (exact) mass is 363 g/mol. The average molecular weight is 363 g/mol. The lowest BCUT2D eigenvalue weighted by Crippen LogP contribution is -2.37. The molecule has 1 aromatic heterocycles. The summed E-state index contributed by atoms with van der Waals surface area (Å²) in [6.45, 7) is 0. The summed E-state index contributed by atoms with van der Waals surface area (Å²) in [5, 5.41) is 8.18. The predicted octanol–water partition coefficient (Wildman–Crippen LogP) is 2.65. The lowest BCUT2D eigenvalue weighted by molar-refractivity contribution is -0.105. The summed E-state index contributed by atoms with van der Waals surface area (Å²) in [5.74, 6) is 0.721. The largest absolute Gasteiger partial charge is 0.341 e. The molecule has 7 heteroatoms. The van der Waals surface area contributed by atoms with Gasteiger partial charge in [0, 0.05) is 30.8 Å². The molecule has 0 saturated heterocycles. The van der Waals surface area contributed by atoms with Crippen LogP contribution in [0.15, 0.2) is 67.0 Å². The van der Waals surface area contributed by atoms with Crippen molar-refractivity contribution in [3.8, 4) is 5.69 Å². The zero-order valence-electron chi connectivity index (χ0n) is 14.9. The van der Waals surface area contributed by atoms with E-state index in [1.165, 1.54) is 0 Å². The maximum atomic E-state index is 12.0. The van der Waals surface area contributed by atoms with Gasteiger partial charge in [0.05, 0.1) is 6.04 Å².